The van der Waals surface area contributed by atoms with Gasteiger partial charge in [0.1, 0.15) is 6.04 Å². The van der Waals surface area contributed by atoms with Gasteiger partial charge in [-0.2, -0.15) is 0 Å². The molecule has 0 saturated carbocycles. The highest BCUT2D eigenvalue weighted by Crippen LogP contribution is 2.25. The van der Waals surface area contributed by atoms with E-state index in [2.05, 4.69) is 20.6 Å². The minimum atomic E-state index is -1.08. The lowest BCUT2D eigenvalue weighted by Gasteiger charge is -2.19. The van der Waals surface area contributed by atoms with Crippen molar-refractivity contribution in [3.63, 3.8) is 0 Å². The Hall–Kier alpha value is -4.15. The molecular weight excluding hydrogens is 496 g/mol. The summed E-state index contributed by atoms with van der Waals surface area (Å²) in [5.41, 5.74) is 10.0. The number of aliphatic hydroxyl groups excluding tert-OH is 1. The summed E-state index contributed by atoms with van der Waals surface area (Å²) in [5, 5.41) is 17.5. The Morgan fingerprint density at radius 2 is 1.31 bits per heavy atom. The molecule has 7 N–H and O–H groups in total. The molecule has 0 spiro atoms. The fourth-order valence-corrected chi connectivity index (χ4v) is 5.41. The average Bonchev–Trinajstić information content (AvgIpc) is 3.69. The van der Waals surface area contributed by atoms with Gasteiger partial charge in [-0.25, -0.2) is 0 Å². The number of aromatic nitrogens is 2. The summed E-state index contributed by atoms with van der Waals surface area (Å²) in [6, 6.07) is 14.9. The second-order valence-electron chi connectivity index (χ2n) is 10.0. The normalized spacial score (nSPS) is 17.9. The molecule has 3 amide bonds. The van der Waals surface area contributed by atoms with Gasteiger partial charge in [-0.15, -0.1) is 0 Å². The number of para-hydroxylation sites is 2. The van der Waals surface area contributed by atoms with Crippen LogP contribution in [0.3, 0.4) is 0 Å². The highest BCUT2D eigenvalue weighted by molar-refractivity contribution is 5.91. The summed E-state index contributed by atoms with van der Waals surface area (Å²) in [6.45, 7) is 0.447. The first-order valence-electron chi connectivity index (χ1n) is 13.3. The number of carbonyl (C=O) groups is 3. The van der Waals surface area contributed by atoms with Crippen molar-refractivity contribution in [2.75, 3.05) is 32.8 Å². The highest BCUT2D eigenvalue weighted by Gasteiger charge is 2.44. The first-order valence-corrected chi connectivity index (χ1v) is 13.3. The molecule has 0 bridgehead atoms. The molecule has 4 aromatic rings. The SMILES string of the molecule is N[C@@H](CO)C(=O)N1C[C@@H](C(=O)NCCc2c[nH]c3ccccc23)[C@H](C(=O)NCCc2c[nH]c3ccccc23)C1. The first-order chi connectivity index (χ1) is 19.0. The zero-order chi connectivity index (χ0) is 27.4. The fourth-order valence-electron chi connectivity index (χ4n) is 5.41. The van der Waals surface area contributed by atoms with Crippen LogP contribution in [0, 0.1) is 11.8 Å². The second-order valence-corrected chi connectivity index (χ2v) is 10.0. The lowest BCUT2D eigenvalue weighted by atomic mass is 9.94. The number of benzene rings is 2. The summed E-state index contributed by atoms with van der Waals surface area (Å²) in [6.07, 6.45) is 5.13. The summed E-state index contributed by atoms with van der Waals surface area (Å²) in [7, 11) is 0. The number of aromatic amines is 2. The molecule has 1 aliphatic rings. The van der Waals surface area contributed by atoms with Gasteiger partial charge in [-0.1, -0.05) is 36.4 Å². The number of carbonyl (C=O) groups excluding carboxylic acids is 3. The van der Waals surface area contributed by atoms with Gasteiger partial charge in [0.2, 0.25) is 17.7 Å². The molecule has 3 heterocycles. The van der Waals surface area contributed by atoms with Crippen molar-refractivity contribution in [3.05, 3.63) is 72.1 Å². The van der Waals surface area contributed by atoms with Crippen LogP contribution in [-0.2, 0) is 27.2 Å². The third kappa shape index (κ3) is 5.67. The van der Waals surface area contributed by atoms with Crippen molar-refractivity contribution in [1.29, 1.82) is 0 Å². The van der Waals surface area contributed by atoms with Crippen LogP contribution in [0.2, 0.25) is 0 Å². The predicted octanol–water partition coefficient (Wildman–Crippen LogP) is 1.06. The van der Waals surface area contributed by atoms with Gasteiger partial charge < -0.3 is 36.3 Å². The Labute approximate surface area is 225 Å². The van der Waals surface area contributed by atoms with Crippen molar-refractivity contribution in [3.8, 4) is 0 Å². The number of nitrogens with two attached hydrogens (primary N) is 1. The maximum Gasteiger partial charge on any atom is 0.241 e. The molecule has 10 heteroatoms. The van der Waals surface area contributed by atoms with E-state index in [1.165, 1.54) is 4.90 Å². The number of likely N-dealkylation sites (tertiary alicyclic amines) is 1. The number of amides is 3. The summed E-state index contributed by atoms with van der Waals surface area (Å²) >= 11 is 0. The lowest BCUT2D eigenvalue weighted by molar-refractivity contribution is -0.132. The molecule has 1 fully saturated rings. The van der Waals surface area contributed by atoms with Gasteiger partial charge in [0, 0.05) is 60.4 Å². The van der Waals surface area contributed by atoms with Crippen LogP contribution < -0.4 is 16.4 Å². The maximum absolute atomic E-state index is 13.2. The van der Waals surface area contributed by atoms with Gasteiger partial charge in [0.15, 0.2) is 0 Å². The number of aliphatic hydroxyl groups is 1. The summed E-state index contributed by atoms with van der Waals surface area (Å²) < 4.78 is 0. The molecule has 2 aromatic heterocycles. The van der Waals surface area contributed by atoms with Gasteiger partial charge >= 0.3 is 0 Å². The van der Waals surface area contributed by atoms with E-state index in [9.17, 15) is 19.5 Å². The third-order valence-electron chi connectivity index (χ3n) is 7.56. The molecule has 10 nitrogen and oxygen atoms in total. The van der Waals surface area contributed by atoms with E-state index >= 15 is 0 Å². The van der Waals surface area contributed by atoms with Gasteiger partial charge in [0.25, 0.3) is 0 Å². The van der Waals surface area contributed by atoms with Crippen molar-refractivity contribution in [1.82, 2.24) is 25.5 Å². The van der Waals surface area contributed by atoms with E-state index in [-0.39, 0.29) is 24.9 Å². The molecule has 3 atom stereocenters. The Bertz CT molecular complexity index is 1380. The smallest absolute Gasteiger partial charge is 0.241 e. The van der Waals surface area contributed by atoms with Crippen molar-refractivity contribution in [2.24, 2.45) is 17.6 Å². The van der Waals surface area contributed by atoms with Crippen LogP contribution in [0.5, 0.6) is 0 Å². The van der Waals surface area contributed by atoms with Crippen molar-refractivity contribution >= 4 is 39.5 Å². The topological polar surface area (TPSA) is 156 Å². The fraction of sp³-hybridized carbons (Fsp3) is 0.345. The minimum Gasteiger partial charge on any atom is -0.394 e. The Kier molecular flexibility index (Phi) is 7.94. The number of rotatable bonds is 10. The van der Waals surface area contributed by atoms with E-state index in [1.54, 1.807) is 0 Å². The maximum atomic E-state index is 13.2. The number of fused-ring (bicyclic) bond motifs is 2. The number of nitrogens with zero attached hydrogens (tertiary/aromatic N) is 1. The van der Waals surface area contributed by atoms with Gasteiger partial charge in [-0.05, 0) is 36.1 Å². The second kappa shape index (κ2) is 11.7. The van der Waals surface area contributed by atoms with Crippen LogP contribution in [0.15, 0.2) is 60.9 Å². The molecule has 39 heavy (non-hydrogen) atoms. The lowest BCUT2D eigenvalue weighted by Crippen LogP contribution is -2.45. The van der Waals surface area contributed by atoms with Crippen LogP contribution in [0.25, 0.3) is 21.8 Å². The van der Waals surface area contributed by atoms with Gasteiger partial charge in [0.05, 0.1) is 18.4 Å². The molecule has 1 aliphatic heterocycles. The van der Waals surface area contributed by atoms with E-state index in [1.807, 2.05) is 60.9 Å². The Balaban J connectivity index is 1.21. The molecule has 0 aliphatic carbocycles. The first kappa shape index (κ1) is 26.5. The highest BCUT2D eigenvalue weighted by atomic mass is 16.3. The number of nitrogens with one attached hydrogen (secondary N) is 4. The van der Waals surface area contributed by atoms with Crippen molar-refractivity contribution in [2.45, 2.75) is 18.9 Å². The van der Waals surface area contributed by atoms with Gasteiger partial charge in [-0.3, -0.25) is 14.4 Å². The molecule has 204 valence electrons. The van der Waals surface area contributed by atoms with E-state index in [0.717, 1.165) is 32.9 Å². The summed E-state index contributed by atoms with van der Waals surface area (Å²) in [4.78, 5) is 47.0. The number of hydrogen-bond acceptors (Lipinski definition) is 5. The Morgan fingerprint density at radius 3 is 1.77 bits per heavy atom. The van der Waals surface area contributed by atoms with Crippen LogP contribution in [0.4, 0.5) is 0 Å². The molecule has 5 rings (SSSR count). The van der Waals surface area contributed by atoms with E-state index in [4.69, 9.17) is 5.73 Å². The molecular formula is C29H34N6O4. The van der Waals surface area contributed by atoms with E-state index in [0.29, 0.717) is 25.9 Å². The summed E-state index contributed by atoms with van der Waals surface area (Å²) in [5.74, 6) is -2.45. The molecule has 0 radical (unpaired) electrons. The third-order valence-corrected chi connectivity index (χ3v) is 7.56. The largest absolute Gasteiger partial charge is 0.394 e. The number of hydrogen-bond donors (Lipinski definition) is 6. The van der Waals surface area contributed by atoms with Crippen LogP contribution >= 0.6 is 0 Å². The number of H-pyrrole nitrogens is 2. The average molecular weight is 531 g/mol. The molecule has 1 saturated heterocycles. The van der Waals surface area contributed by atoms with Crippen molar-refractivity contribution < 1.29 is 19.5 Å². The predicted molar refractivity (Wildman–Crippen MR) is 149 cm³/mol. The van der Waals surface area contributed by atoms with Crippen LogP contribution in [0.1, 0.15) is 11.1 Å². The van der Waals surface area contributed by atoms with Crippen LogP contribution in [-0.4, -0.2) is 76.5 Å². The standard InChI is InChI=1S/C29H34N6O4/c30-24(17-36)29(39)35-15-22(27(37)31-11-9-18-13-33-25-7-3-1-5-20(18)25)23(16-35)28(38)32-12-10-19-14-34-26-8-4-2-6-21(19)26/h1-8,13-14,22-24,33-34,36H,9-12,15-17,30H2,(H,31,37)(H,32,38)/t22-,23-,24+/m1/s1. The minimum absolute atomic E-state index is 0.0754. The zero-order valence-corrected chi connectivity index (χ0v) is 21.7. The molecule has 0 unspecified atom stereocenters. The molecule has 2 aromatic carbocycles. The quantitative estimate of drug-likeness (QED) is 0.181. The zero-order valence-electron chi connectivity index (χ0n) is 21.7. The Morgan fingerprint density at radius 1 is 0.846 bits per heavy atom. The monoisotopic (exact) mass is 530 g/mol. The van der Waals surface area contributed by atoms with E-state index < -0.39 is 30.4 Å².